The molecule has 5 nitrogen and oxygen atoms in total. The maximum absolute atomic E-state index is 13.1. The molecule has 1 aromatic heterocycles. The summed E-state index contributed by atoms with van der Waals surface area (Å²) in [6, 6.07) is 7.01. The fraction of sp³-hybridized carbons (Fsp3) is 0.286. The number of hydrogen-bond acceptors (Lipinski definition) is 3. The maximum atomic E-state index is 13.1. The second-order valence-corrected chi connectivity index (χ2v) is 5.55. The molecule has 0 saturated carbocycles. The molecule has 0 spiro atoms. The van der Waals surface area contributed by atoms with Gasteiger partial charge in [0.05, 0.1) is 6.54 Å². The summed E-state index contributed by atoms with van der Waals surface area (Å²) in [6.45, 7) is 0.936. The zero-order valence-electron chi connectivity index (χ0n) is 11.8. The number of alkyl halides is 3. The van der Waals surface area contributed by atoms with Crippen molar-refractivity contribution in [2.75, 3.05) is 11.4 Å². The van der Waals surface area contributed by atoms with E-state index in [2.05, 4.69) is 5.10 Å². The Morgan fingerprint density at radius 3 is 2.61 bits per heavy atom. The van der Waals surface area contributed by atoms with Crippen molar-refractivity contribution in [1.29, 1.82) is 0 Å². The van der Waals surface area contributed by atoms with Crippen LogP contribution >= 0.6 is 11.6 Å². The van der Waals surface area contributed by atoms with E-state index < -0.39 is 23.3 Å². The van der Waals surface area contributed by atoms with Gasteiger partial charge in [0.25, 0.3) is 5.91 Å². The minimum Gasteiger partial charge on any atom is -0.365 e. The number of amides is 1. The second kappa shape index (κ2) is 5.45. The molecule has 2 aromatic rings. The number of aromatic nitrogens is 2. The summed E-state index contributed by atoms with van der Waals surface area (Å²) in [5.41, 5.74) is 4.07. The molecule has 0 radical (unpaired) electrons. The summed E-state index contributed by atoms with van der Waals surface area (Å²) in [7, 11) is 0. The highest BCUT2D eigenvalue weighted by atomic mass is 35.5. The lowest BCUT2D eigenvalue weighted by atomic mass is 10.1. The average molecular weight is 345 g/mol. The molecule has 1 amide bonds. The third kappa shape index (κ3) is 2.74. The van der Waals surface area contributed by atoms with Crippen LogP contribution in [0.25, 0.3) is 0 Å². The Kier molecular flexibility index (Phi) is 3.71. The SMILES string of the molecule is NC(=O)c1c(C(F)(F)F)nn2c1N(Cc1ccccc1Cl)CC2. The van der Waals surface area contributed by atoms with E-state index in [4.69, 9.17) is 17.3 Å². The zero-order valence-corrected chi connectivity index (χ0v) is 12.5. The zero-order chi connectivity index (χ0) is 16.8. The van der Waals surface area contributed by atoms with E-state index in [1.165, 1.54) is 4.68 Å². The minimum atomic E-state index is -4.74. The second-order valence-electron chi connectivity index (χ2n) is 5.15. The van der Waals surface area contributed by atoms with Crippen molar-refractivity contribution in [3.05, 3.63) is 46.1 Å². The predicted molar refractivity (Wildman–Crippen MR) is 78.2 cm³/mol. The summed E-state index contributed by atoms with van der Waals surface area (Å²) in [6.07, 6.45) is -4.74. The summed E-state index contributed by atoms with van der Waals surface area (Å²) in [4.78, 5) is 13.2. The number of carbonyl (C=O) groups excluding carboxylic acids is 1. The molecule has 1 aliphatic heterocycles. The van der Waals surface area contributed by atoms with E-state index in [1.807, 2.05) is 0 Å². The number of nitrogens with two attached hydrogens (primary N) is 1. The van der Waals surface area contributed by atoms with Gasteiger partial charge in [0.1, 0.15) is 11.4 Å². The topological polar surface area (TPSA) is 64.2 Å². The third-order valence-electron chi connectivity index (χ3n) is 3.64. The van der Waals surface area contributed by atoms with Crippen molar-refractivity contribution < 1.29 is 18.0 Å². The summed E-state index contributed by atoms with van der Waals surface area (Å²) in [5, 5.41) is 4.02. The molecule has 0 aliphatic carbocycles. The Hall–Kier alpha value is -2.22. The largest absolute Gasteiger partial charge is 0.436 e. The standard InChI is InChI=1S/C14H12ClF3N4O/c15-9-4-2-1-3-8(9)7-21-5-6-22-13(21)10(12(19)23)11(20-22)14(16,17)18/h1-4H,5-7H2,(H2,19,23). The number of rotatable bonds is 3. The first kappa shape index (κ1) is 15.7. The van der Waals surface area contributed by atoms with Gasteiger partial charge in [-0.2, -0.15) is 18.3 Å². The number of halogens is 4. The van der Waals surface area contributed by atoms with Gasteiger partial charge in [0.2, 0.25) is 0 Å². The molecule has 3 rings (SSSR count). The molecule has 2 N–H and O–H groups in total. The highest BCUT2D eigenvalue weighted by Crippen LogP contribution is 2.38. The first-order valence-electron chi connectivity index (χ1n) is 6.75. The molecule has 0 unspecified atom stereocenters. The first-order chi connectivity index (χ1) is 10.8. The molecule has 0 bridgehead atoms. The van der Waals surface area contributed by atoms with E-state index in [0.717, 1.165) is 5.56 Å². The van der Waals surface area contributed by atoms with Crippen LogP contribution in [0.3, 0.4) is 0 Å². The van der Waals surface area contributed by atoms with E-state index in [1.54, 1.807) is 29.2 Å². The number of fused-ring (bicyclic) bond motifs is 1. The van der Waals surface area contributed by atoms with E-state index in [0.29, 0.717) is 11.6 Å². The fourth-order valence-electron chi connectivity index (χ4n) is 2.66. The molecule has 2 heterocycles. The van der Waals surface area contributed by atoms with E-state index in [-0.39, 0.29) is 18.9 Å². The van der Waals surface area contributed by atoms with Gasteiger partial charge in [-0.1, -0.05) is 29.8 Å². The third-order valence-corrected chi connectivity index (χ3v) is 4.01. The molecular formula is C14H12ClF3N4O. The van der Waals surface area contributed by atoms with Gasteiger partial charge in [-0.3, -0.25) is 4.79 Å². The molecule has 0 atom stereocenters. The maximum Gasteiger partial charge on any atom is 0.436 e. The minimum absolute atomic E-state index is 0.0877. The van der Waals surface area contributed by atoms with Crippen LogP contribution in [0.5, 0.6) is 0 Å². The normalized spacial score (nSPS) is 14.2. The Balaban J connectivity index is 2.04. The van der Waals surface area contributed by atoms with Gasteiger partial charge < -0.3 is 10.6 Å². The number of nitrogens with zero attached hydrogens (tertiary/aromatic N) is 3. The van der Waals surface area contributed by atoms with Crippen molar-refractivity contribution in [1.82, 2.24) is 9.78 Å². The van der Waals surface area contributed by atoms with E-state index in [9.17, 15) is 18.0 Å². The number of carbonyl (C=O) groups is 1. The predicted octanol–water partition coefficient (Wildman–Crippen LogP) is 2.67. The lowest BCUT2D eigenvalue weighted by molar-refractivity contribution is -0.141. The fourth-order valence-corrected chi connectivity index (χ4v) is 2.86. The number of benzene rings is 1. The number of anilines is 1. The van der Waals surface area contributed by atoms with E-state index >= 15 is 0 Å². The molecule has 1 aliphatic rings. The first-order valence-corrected chi connectivity index (χ1v) is 7.13. The molecule has 0 saturated heterocycles. The van der Waals surface area contributed by atoms with Crippen LogP contribution in [0.1, 0.15) is 21.6 Å². The van der Waals surface area contributed by atoms with Crippen molar-refractivity contribution in [2.24, 2.45) is 5.73 Å². The van der Waals surface area contributed by atoms with Crippen LogP contribution in [0, 0.1) is 0 Å². The Bertz CT molecular complexity index is 772. The highest BCUT2D eigenvalue weighted by Gasteiger charge is 2.43. The summed E-state index contributed by atoms with van der Waals surface area (Å²) >= 11 is 6.09. The van der Waals surface area contributed by atoms with Crippen LogP contribution in [0.4, 0.5) is 19.0 Å². The van der Waals surface area contributed by atoms with Crippen LogP contribution in [0.2, 0.25) is 5.02 Å². The molecule has 1 aromatic carbocycles. The summed E-state index contributed by atoms with van der Waals surface area (Å²) < 4.78 is 40.3. The molecular weight excluding hydrogens is 333 g/mol. The van der Waals surface area contributed by atoms with Crippen molar-refractivity contribution >= 4 is 23.3 Å². The molecule has 122 valence electrons. The molecule has 23 heavy (non-hydrogen) atoms. The van der Waals surface area contributed by atoms with Gasteiger partial charge in [0, 0.05) is 18.1 Å². The lowest BCUT2D eigenvalue weighted by Gasteiger charge is -2.19. The Labute approximate surface area is 134 Å². The Morgan fingerprint density at radius 2 is 2.00 bits per heavy atom. The van der Waals surface area contributed by atoms with Gasteiger partial charge in [-0.15, -0.1) is 0 Å². The molecule has 0 fully saturated rings. The quantitative estimate of drug-likeness (QED) is 0.931. The Morgan fingerprint density at radius 1 is 1.30 bits per heavy atom. The highest BCUT2D eigenvalue weighted by molar-refractivity contribution is 6.31. The smallest absolute Gasteiger partial charge is 0.365 e. The van der Waals surface area contributed by atoms with Crippen LogP contribution in [-0.2, 0) is 19.3 Å². The van der Waals surface area contributed by atoms with Crippen LogP contribution in [-0.4, -0.2) is 22.2 Å². The van der Waals surface area contributed by atoms with Crippen LogP contribution < -0.4 is 10.6 Å². The van der Waals surface area contributed by atoms with Crippen molar-refractivity contribution in [3.63, 3.8) is 0 Å². The van der Waals surface area contributed by atoms with Crippen molar-refractivity contribution in [3.8, 4) is 0 Å². The van der Waals surface area contributed by atoms with Gasteiger partial charge in [-0.25, -0.2) is 4.68 Å². The average Bonchev–Trinajstić information content (AvgIpc) is 3.00. The van der Waals surface area contributed by atoms with Crippen molar-refractivity contribution in [2.45, 2.75) is 19.3 Å². The summed E-state index contributed by atoms with van der Waals surface area (Å²) in [5.74, 6) is -1.06. The number of primary amides is 1. The van der Waals surface area contributed by atoms with Gasteiger partial charge >= 0.3 is 6.18 Å². The lowest BCUT2D eigenvalue weighted by Crippen LogP contribution is -2.25. The molecule has 9 heteroatoms. The number of hydrogen-bond donors (Lipinski definition) is 1. The van der Waals surface area contributed by atoms with Crippen LogP contribution in [0.15, 0.2) is 24.3 Å². The van der Waals surface area contributed by atoms with Gasteiger partial charge in [0.15, 0.2) is 5.69 Å². The monoisotopic (exact) mass is 344 g/mol. The van der Waals surface area contributed by atoms with Gasteiger partial charge in [-0.05, 0) is 11.6 Å².